The van der Waals surface area contributed by atoms with Gasteiger partial charge in [0.05, 0.1) is 17.7 Å². The van der Waals surface area contributed by atoms with Gasteiger partial charge in [-0.2, -0.15) is 0 Å². The van der Waals surface area contributed by atoms with Crippen LogP contribution < -0.4 is 10.6 Å². The fourth-order valence-electron chi connectivity index (χ4n) is 1.97. The Bertz CT molecular complexity index is 797. The molecule has 0 unspecified atom stereocenters. The summed E-state index contributed by atoms with van der Waals surface area (Å²) in [4.78, 5) is 23.4. The second-order valence-electron chi connectivity index (χ2n) is 4.78. The Kier molecular flexibility index (Phi) is 6.47. The molecule has 0 radical (unpaired) electrons. The van der Waals surface area contributed by atoms with Gasteiger partial charge in [-0.1, -0.05) is 46.3 Å². The van der Waals surface area contributed by atoms with Gasteiger partial charge in [0.15, 0.2) is 5.11 Å². The minimum Gasteiger partial charge on any atom is -0.478 e. The molecule has 124 valence electrons. The molecular formula is C16H12Br2N2O3S. The number of halogens is 2. The Morgan fingerprint density at radius 2 is 1.79 bits per heavy atom. The van der Waals surface area contributed by atoms with Crippen LogP contribution in [-0.4, -0.2) is 22.1 Å². The second kappa shape index (κ2) is 8.36. The van der Waals surface area contributed by atoms with E-state index in [-0.39, 0.29) is 28.7 Å². The first-order valence-corrected chi connectivity index (χ1v) is 8.73. The van der Waals surface area contributed by atoms with Crippen LogP contribution in [0.15, 0.2) is 51.4 Å². The van der Waals surface area contributed by atoms with Crippen LogP contribution in [0.4, 0.5) is 5.69 Å². The smallest absolute Gasteiger partial charge is 0.337 e. The van der Waals surface area contributed by atoms with Gasteiger partial charge in [0, 0.05) is 8.95 Å². The molecule has 0 aliphatic heterocycles. The number of benzene rings is 2. The molecule has 0 heterocycles. The molecule has 3 N–H and O–H groups in total. The number of aromatic carboxylic acids is 1. The van der Waals surface area contributed by atoms with Crippen LogP contribution in [0.2, 0.25) is 0 Å². The molecule has 0 atom stereocenters. The maximum absolute atomic E-state index is 12.0. The summed E-state index contributed by atoms with van der Waals surface area (Å²) in [5.74, 6) is -1.40. The highest BCUT2D eigenvalue weighted by Crippen LogP contribution is 2.30. The van der Waals surface area contributed by atoms with E-state index in [0.29, 0.717) is 8.95 Å². The SMILES string of the molecule is O=C(Cc1ccccc1)NC(=S)Nc1c(Br)cc(Br)cc1C(=O)O. The van der Waals surface area contributed by atoms with Crippen molar-refractivity contribution in [3.8, 4) is 0 Å². The number of amides is 1. The number of nitrogens with one attached hydrogen (secondary N) is 2. The molecule has 0 aliphatic rings. The lowest BCUT2D eigenvalue weighted by atomic mass is 10.1. The van der Waals surface area contributed by atoms with Gasteiger partial charge < -0.3 is 15.7 Å². The van der Waals surface area contributed by atoms with Crippen molar-refractivity contribution >= 4 is 66.8 Å². The van der Waals surface area contributed by atoms with Gasteiger partial charge in [-0.05, 0) is 45.8 Å². The molecule has 2 aromatic rings. The van der Waals surface area contributed by atoms with Gasteiger partial charge in [-0.15, -0.1) is 0 Å². The highest BCUT2D eigenvalue weighted by atomic mass is 79.9. The van der Waals surface area contributed by atoms with Crippen molar-refractivity contribution in [2.24, 2.45) is 0 Å². The minimum absolute atomic E-state index is 0.0240. The monoisotopic (exact) mass is 470 g/mol. The average molecular weight is 472 g/mol. The summed E-state index contributed by atoms with van der Waals surface area (Å²) in [6.45, 7) is 0. The third kappa shape index (κ3) is 5.12. The summed E-state index contributed by atoms with van der Waals surface area (Å²) in [7, 11) is 0. The number of anilines is 1. The first-order valence-electron chi connectivity index (χ1n) is 6.74. The van der Waals surface area contributed by atoms with E-state index >= 15 is 0 Å². The van der Waals surface area contributed by atoms with Crippen molar-refractivity contribution in [3.63, 3.8) is 0 Å². The van der Waals surface area contributed by atoms with Gasteiger partial charge in [-0.3, -0.25) is 4.79 Å². The number of thiocarbonyl (C=S) groups is 1. The lowest BCUT2D eigenvalue weighted by molar-refractivity contribution is -0.119. The quantitative estimate of drug-likeness (QED) is 0.588. The molecule has 0 aliphatic carbocycles. The number of carbonyl (C=O) groups excluding carboxylic acids is 1. The third-order valence-corrected chi connectivity index (χ3v) is 4.27. The number of rotatable bonds is 4. The van der Waals surface area contributed by atoms with Gasteiger partial charge in [-0.25, -0.2) is 4.79 Å². The van der Waals surface area contributed by atoms with Crippen molar-refractivity contribution in [1.82, 2.24) is 5.32 Å². The number of hydrogen-bond acceptors (Lipinski definition) is 3. The Balaban J connectivity index is 2.07. The van der Waals surface area contributed by atoms with Crippen LogP contribution >= 0.6 is 44.1 Å². The Labute approximate surface area is 160 Å². The van der Waals surface area contributed by atoms with E-state index in [1.807, 2.05) is 30.3 Å². The summed E-state index contributed by atoms with van der Waals surface area (Å²) in [6.07, 6.45) is 0.177. The normalized spacial score (nSPS) is 10.1. The second-order valence-corrected chi connectivity index (χ2v) is 6.96. The third-order valence-electron chi connectivity index (χ3n) is 2.98. The summed E-state index contributed by atoms with van der Waals surface area (Å²) in [5.41, 5.74) is 1.15. The zero-order valence-corrected chi connectivity index (χ0v) is 16.2. The minimum atomic E-state index is -1.11. The van der Waals surface area contributed by atoms with E-state index in [1.165, 1.54) is 6.07 Å². The molecule has 5 nitrogen and oxygen atoms in total. The molecule has 0 fully saturated rings. The summed E-state index contributed by atoms with van der Waals surface area (Å²) >= 11 is 11.6. The lowest BCUT2D eigenvalue weighted by Crippen LogP contribution is -2.35. The number of carboxylic acids is 1. The predicted octanol–water partition coefficient (Wildman–Crippen LogP) is 3.97. The fraction of sp³-hybridized carbons (Fsp3) is 0.0625. The topological polar surface area (TPSA) is 78.4 Å². The van der Waals surface area contributed by atoms with Gasteiger partial charge in [0.1, 0.15) is 0 Å². The van der Waals surface area contributed by atoms with E-state index in [2.05, 4.69) is 42.5 Å². The van der Waals surface area contributed by atoms with Crippen molar-refractivity contribution in [2.45, 2.75) is 6.42 Å². The molecule has 2 rings (SSSR count). The van der Waals surface area contributed by atoms with Crippen LogP contribution in [0.3, 0.4) is 0 Å². The number of carboxylic acid groups (broad SMARTS) is 1. The maximum Gasteiger partial charge on any atom is 0.337 e. The zero-order chi connectivity index (χ0) is 17.7. The highest BCUT2D eigenvalue weighted by molar-refractivity contribution is 9.11. The lowest BCUT2D eigenvalue weighted by Gasteiger charge is -2.14. The van der Waals surface area contributed by atoms with Crippen LogP contribution in [-0.2, 0) is 11.2 Å². The Morgan fingerprint density at radius 1 is 1.12 bits per heavy atom. The summed E-state index contributed by atoms with van der Waals surface area (Å²) < 4.78 is 1.12. The molecule has 0 bridgehead atoms. The highest BCUT2D eigenvalue weighted by Gasteiger charge is 2.16. The van der Waals surface area contributed by atoms with E-state index in [1.54, 1.807) is 6.07 Å². The number of hydrogen-bond donors (Lipinski definition) is 3. The average Bonchev–Trinajstić information content (AvgIpc) is 2.50. The molecule has 0 saturated carbocycles. The van der Waals surface area contributed by atoms with E-state index in [9.17, 15) is 14.7 Å². The van der Waals surface area contributed by atoms with Crippen molar-refractivity contribution < 1.29 is 14.7 Å². The van der Waals surface area contributed by atoms with Crippen LogP contribution in [0.5, 0.6) is 0 Å². The molecular weight excluding hydrogens is 460 g/mol. The first-order chi connectivity index (χ1) is 11.4. The Hall–Kier alpha value is -1.77. The maximum atomic E-state index is 12.0. The first kappa shape index (κ1) is 18.6. The van der Waals surface area contributed by atoms with Gasteiger partial charge in [0.25, 0.3) is 0 Å². The van der Waals surface area contributed by atoms with Gasteiger partial charge >= 0.3 is 5.97 Å². The molecule has 0 spiro atoms. The van der Waals surface area contributed by atoms with Crippen molar-refractivity contribution in [1.29, 1.82) is 0 Å². The molecule has 0 aromatic heterocycles. The molecule has 2 aromatic carbocycles. The van der Waals surface area contributed by atoms with E-state index in [4.69, 9.17) is 12.2 Å². The largest absolute Gasteiger partial charge is 0.478 e. The van der Waals surface area contributed by atoms with Crippen LogP contribution in [0.1, 0.15) is 15.9 Å². The van der Waals surface area contributed by atoms with Crippen molar-refractivity contribution in [3.05, 3.63) is 62.5 Å². The van der Waals surface area contributed by atoms with Gasteiger partial charge in [0.2, 0.25) is 5.91 Å². The van der Waals surface area contributed by atoms with Crippen LogP contribution in [0, 0.1) is 0 Å². The van der Waals surface area contributed by atoms with E-state index in [0.717, 1.165) is 5.56 Å². The summed E-state index contributed by atoms with van der Waals surface area (Å²) in [5, 5.41) is 14.6. The number of carbonyl (C=O) groups is 2. The molecule has 1 amide bonds. The summed E-state index contributed by atoms with van der Waals surface area (Å²) in [6, 6.07) is 12.4. The molecule has 24 heavy (non-hydrogen) atoms. The predicted molar refractivity (Wildman–Crippen MR) is 103 cm³/mol. The molecule has 0 saturated heterocycles. The molecule has 8 heteroatoms. The Morgan fingerprint density at radius 3 is 2.42 bits per heavy atom. The van der Waals surface area contributed by atoms with Crippen molar-refractivity contribution in [2.75, 3.05) is 5.32 Å². The van der Waals surface area contributed by atoms with Crippen LogP contribution in [0.25, 0.3) is 0 Å². The fourth-order valence-corrected chi connectivity index (χ4v) is 3.51. The standard InChI is InChI=1S/C16H12Br2N2O3S/c17-10-7-11(15(22)23)14(12(18)8-10)20-16(24)19-13(21)6-9-4-2-1-3-5-9/h1-5,7-8H,6H2,(H,22,23)(H2,19,20,21,24). The van der Waals surface area contributed by atoms with E-state index < -0.39 is 5.97 Å². The zero-order valence-electron chi connectivity index (χ0n) is 12.2.